The number of halogens is 1. The minimum Gasteiger partial charge on any atom is -0.456 e. The molecule has 0 atom stereocenters. The van der Waals surface area contributed by atoms with Crippen LogP contribution in [0, 0.1) is 0 Å². The van der Waals surface area contributed by atoms with Crippen LogP contribution in [0.15, 0.2) is 77.2 Å². The molecule has 1 aromatic heterocycles. The van der Waals surface area contributed by atoms with E-state index in [4.69, 9.17) is 20.8 Å². The average Bonchev–Trinajstić information content (AvgIpc) is 3.34. The molecule has 0 aliphatic carbocycles. The van der Waals surface area contributed by atoms with Gasteiger partial charge >= 0.3 is 6.09 Å². The van der Waals surface area contributed by atoms with Gasteiger partial charge in [0.25, 0.3) is 5.91 Å². The number of amides is 2. The van der Waals surface area contributed by atoms with Crippen LogP contribution < -0.4 is 5.32 Å². The van der Waals surface area contributed by atoms with Gasteiger partial charge in [-0.05, 0) is 68.8 Å². The van der Waals surface area contributed by atoms with Crippen LogP contribution in [0.1, 0.15) is 36.7 Å². The number of benzene rings is 3. The number of piperazine rings is 1. The molecule has 7 nitrogen and oxygen atoms in total. The highest BCUT2D eigenvalue weighted by atomic mass is 35.5. The van der Waals surface area contributed by atoms with E-state index in [1.807, 2.05) is 63.2 Å². The molecule has 1 fully saturated rings. The lowest BCUT2D eigenvalue weighted by atomic mass is 10.1. The molecular weight excluding hydrogens is 514 g/mol. The fourth-order valence-electron chi connectivity index (χ4n) is 4.68. The Morgan fingerprint density at radius 1 is 0.949 bits per heavy atom. The predicted octanol–water partition coefficient (Wildman–Crippen LogP) is 7.06. The van der Waals surface area contributed by atoms with Crippen molar-refractivity contribution in [1.29, 1.82) is 0 Å². The van der Waals surface area contributed by atoms with Crippen molar-refractivity contribution in [2.45, 2.75) is 32.9 Å². The number of hydrogen-bond donors (Lipinski definition) is 1. The summed E-state index contributed by atoms with van der Waals surface area (Å²) in [5.41, 5.74) is 3.36. The Balaban J connectivity index is 1.32. The lowest BCUT2D eigenvalue weighted by Gasteiger charge is -2.35. The summed E-state index contributed by atoms with van der Waals surface area (Å²) in [5.74, 6) is 0.432. The maximum absolute atomic E-state index is 12.9. The van der Waals surface area contributed by atoms with Crippen LogP contribution in [-0.2, 0) is 11.3 Å². The second-order valence-corrected chi connectivity index (χ2v) is 11.1. The Bertz CT molecular complexity index is 1500. The summed E-state index contributed by atoms with van der Waals surface area (Å²) >= 11 is 6.07. The fourth-order valence-corrected chi connectivity index (χ4v) is 4.87. The van der Waals surface area contributed by atoms with Crippen molar-refractivity contribution in [3.8, 4) is 11.3 Å². The van der Waals surface area contributed by atoms with Crippen molar-refractivity contribution in [2.24, 2.45) is 0 Å². The van der Waals surface area contributed by atoms with Crippen molar-refractivity contribution < 1.29 is 18.7 Å². The number of carbonyl (C=O) groups excluding carboxylic acids is 2. The van der Waals surface area contributed by atoms with E-state index in [9.17, 15) is 9.59 Å². The lowest BCUT2D eigenvalue weighted by molar-refractivity contribution is 0.0139. The molecule has 39 heavy (non-hydrogen) atoms. The molecule has 2 heterocycles. The summed E-state index contributed by atoms with van der Waals surface area (Å²) in [5, 5.41) is 4.53. The zero-order chi connectivity index (χ0) is 27.6. The van der Waals surface area contributed by atoms with Crippen LogP contribution in [0.4, 0.5) is 10.5 Å². The lowest BCUT2D eigenvalue weighted by Crippen LogP contribution is -2.49. The molecule has 0 bridgehead atoms. The summed E-state index contributed by atoms with van der Waals surface area (Å²) in [6.07, 6.45) is -0.259. The number of anilines is 1. The molecule has 1 aliphatic rings. The molecule has 0 unspecified atom stereocenters. The largest absolute Gasteiger partial charge is 0.456 e. The zero-order valence-electron chi connectivity index (χ0n) is 22.4. The Morgan fingerprint density at radius 3 is 2.44 bits per heavy atom. The summed E-state index contributed by atoms with van der Waals surface area (Å²) in [4.78, 5) is 29.4. The molecule has 0 saturated carbocycles. The molecule has 4 aromatic rings. The van der Waals surface area contributed by atoms with E-state index < -0.39 is 5.60 Å². The minimum atomic E-state index is -0.500. The van der Waals surface area contributed by atoms with Gasteiger partial charge < -0.3 is 19.4 Å². The second kappa shape index (κ2) is 11.1. The van der Waals surface area contributed by atoms with Gasteiger partial charge in [-0.1, -0.05) is 41.9 Å². The van der Waals surface area contributed by atoms with E-state index in [1.54, 1.807) is 29.2 Å². The van der Waals surface area contributed by atoms with E-state index in [1.165, 1.54) is 0 Å². The van der Waals surface area contributed by atoms with Gasteiger partial charge in [0, 0.05) is 54.3 Å². The van der Waals surface area contributed by atoms with Crippen molar-refractivity contribution in [3.05, 3.63) is 88.9 Å². The van der Waals surface area contributed by atoms with Crippen molar-refractivity contribution >= 4 is 40.3 Å². The number of hydrogen-bond acceptors (Lipinski definition) is 5. The third-order valence-corrected chi connectivity index (χ3v) is 6.83. The predicted molar refractivity (Wildman–Crippen MR) is 154 cm³/mol. The van der Waals surface area contributed by atoms with E-state index >= 15 is 0 Å². The summed E-state index contributed by atoms with van der Waals surface area (Å²) in [6.45, 7) is 9.16. The first kappa shape index (κ1) is 26.8. The number of ether oxygens (including phenoxy) is 1. The first-order valence-corrected chi connectivity index (χ1v) is 13.4. The van der Waals surface area contributed by atoms with E-state index in [2.05, 4.69) is 16.3 Å². The summed E-state index contributed by atoms with van der Waals surface area (Å²) in [6, 6.07) is 22.5. The van der Waals surface area contributed by atoms with E-state index in [0.29, 0.717) is 35.1 Å². The summed E-state index contributed by atoms with van der Waals surface area (Å²) < 4.78 is 11.8. The second-order valence-electron chi connectivity index (χ2n) is 10.7. The first-order valence-electron chi connectivity index (χ1n) is 13.0. The molecule has 1 saturated heterocycles. The maximum Gasteiger partial charge on any atom is 0.410 e. The molecule has 3 aromatic carbocycles. The van der Waals surface area contributed by atoms with Crippen LogP contribution in [-0.4, -0.2) is 53.6 Å². The first-order chi connectivity index (χ1) is 18.7. The van der Waals surface area contributed by atoms with Gasteiger partial charge in [-0.25, -0.2) is 4.79 Å². The highest BCUT2D eigenvalue weighted by Crippen LogP contribution is 2.35. The van der Waals surface area contributed by atoms with E-state index in [0.717, 1.165) is 41.7 Å². The van der Waals surface area contributed by atoms with Crippen molar-refractivity contribution in [3.63, 3.8) is 0 Å². The monoisotopic (exact) mass is 545 g/mol. The van der Waals surface area contributed by atoms with Crippen LogP contribution in [0.3, 0.4) is 0 Å². The molecule has 0 spiro atoms. The molecule has 1 aliphatic heterocycles. The van der Waals surface area contributed by atoms with Gasteiger partial charge in [0.2, 0.25) is 0 Å². The third-order valence-electron chi connectivity index (χ3n) is 6.60. The molecule has 0 radical (unpaired) electrons. The molecule has 202 valence electrons. The number of para-hydroxylation sites is 1. The topological polar surface area (TPSA) is 75.0 Å². The number of nitrogens with zero attached hydrogens (tertiary/aromatic N) is 2. The average molecular weight is 546 g/mol. The highest BCUT2D eigenvalue weighted by molar-refractivity contribution is 6.31. The number of furan rings is 1. The van der Waals surface area contributed by atoms with Gasteiger partial charge in [-0.3, -0.25) is 9.69 Å². The number of nitrogens with one attached hydrogen (secondary N) is 1. The Hall–Kier alpha value is -3.81. The van der Waals surface area contributed by atoms with Gasteiger partial charge in [0.05, 0.1) is 5.69 Å². The van der Waals surface area contributed by atoms with Gasteiger partial charge in [-0.15, -0.1) is 0 Å². The SMILES string of the molecule is CC(C)(C)OC(=O)N1CCN(Cc2cccc3oc(-c4ccccc4NC(=O)c4cccc(Cl)c4)cc23)CC1. The van der Waals surface area contributed by atoms with Crippen molar-refractivity contribution in [1.82, 2.24) is 9.80 Å². The standard InChI is InChI=1S/C31H32ClN3O4/c1-31(2,3)39-30(37)35-16-14-34(15-17-35)20-22-9-7-13-27-25(22)19-28(38-27)24-11-4-5-12-26(24)33-29(36)21-8-6-10-23(32)18-21/h4-13,18-19H,14-17,20H2,1-3H3,(H,33,36). The Kier molecular flexibility index (Phi) is 7.64. The molecule has 2 amide bonds. The van der Waals surface area contributed by atoms with Gasteiger partial charge in [0.1, 0.15) is 16.9 Å². The molecule has 1 N–H and O–H groups in total. The quantitative estimate of drug-likeness (QED) is 0.290. The Labute approximate surface area is 233 Å². The van der Waals surface area contributed by atoms with E-state index in [-0.39, 0.29) is 12.0 Å². The highest BCUT2D eigenvalue weighted by Gasteiger charge is 2.26. The third kappa shape index (κ3) is 6.44. The molecule has 5 rings (SSSR count). The number of rotatable bonds is 5. The van der Waals surface area contributed by atoms with Crippen molar-refractivity contribution in [2.75, 3.05) is 31.5 Å². The van der Waals surface area contributed by atoms with Crippen LogP contribution in [0.2, 0.25) is 5.02 Å². The van der Waals surface area contributed by atoms with Crippen LogP contribution in [0.25, 0.3) is 22.3 Å². The molecule has 8 heteroatoms. The summed E-state index contributed by atoms with van der Waals surface area (Å²) in [7, 11) is 0. The normalized spacial score (nSPS) is 14.4. The smallest absolute Gasteiger partial charge is 0.410 e. The van der Waals surface area contributed by atoms with Gasteiger partial charge in [0.15, 0.2) is 0 Å². The van der Waals surface area contributed by atoms with Crippen LogP contribution >= 0.6 is 11.6 Å². The maximum atomic E-state index is 12.9. The van der Waals surface area contributed by atoms with Crippen LogP contribution in [0.5, 0.6) is 0 Å². The minimum absolute atomic E-state index is 0.243. The zero-order valence-corrected chi connectivity index (χ0v) is 23.1. The van der Waals surface area contributed by atoms with Gasteiger partial charge in [-0.2, -0.15) is 0 Å². The number of carbonyl (C=O) groups is 2. The fraction of sp³-hybridized carbons (Fsp3) is 0.290. The Morgan fingerprint density at radius 2 is 1.69 bits per heavy atom. The number of fused-ring (bicyclic) bond motifs is 1. The molecular formula is C31H32ClN3O4.